The zero-order valence-electron chi connectivity index (χ0n) is 13.0. The van der Waals surface area contributed by atoms with Crippen LogP contribution in [0, 0.1) is 0 Å². The van der Waals surface area contributed by atoms with Crippen LogP contribution < -0.4 is 0 Å². The monoisotopic (exact) mass is 297 g/mol. The van der Waals surface area contributed by atoms with Crippen LogP contribution in [0.15, 0.2) is 60.7 Å². The van der Waals surface area contributed by atoms with E-state index in [0.717, 1.165) is 5.56 Å². The fourth-order valence-corrected chi connectivity index (χ4v) is 2.64. The van der Waals surface area contributed by atoms with E-state index in [2.05, 4.69) is 17.0 Å². The number of aliphatic hydroxyl groups is 1. The summed E-state index contributed by atoms with van der Waals surface area (Å²) in [6.45, 7) is 0.809. The molecule has 0 radical (unpaired) electrons. The Morgan fingerprint density at radius 3 is 2.23 bits per heavy atom. The fraction of sp³-hybridized carbons (Fsp3) is 0.316. The van der Waals surface area contributed by atoms with Crippen molar-refractivity contribution in [3.05, 3.63) is 71.8 Å². The van der Waals surface area contributed by atoms with Gasteiger partial charge in [-0.25, -0.2) is 0 Å². The second-order valence-electron chi connectivity index (χ2n) is 5.46. The minimum atomic E-state index is 0.134. The predicted molar refractivity (Wildman–Crippen MR) is 88.9 cm³/mol. The van der Waals surface area contributed by atoms with Gasteiger partial charge in [0.05, 0.1) is 0 Å². The molecule has 1 atom stereocenters. The number of hydrogen-bond acceptors (Lipinski definition) is 3. The second kappa shape index (κ2) is 8.47. The molecule has 1 unspecified atom stereocenters. The van der Waals surface area contributed by atoms with Gasteiger partial charge >= 0.3 is 0 Å². The number of carbonyl (C=O) groups excluding carboxylic acids is 1. The SMILES string of the molecule is CN(CCC(=O)c1ccccc1)C(CCO)c1ccccc1. The third-order valence-electron chi connectivity index (χ3n) is 3.91. The van der Waals surface area contributed by atoms with Gasteiger partial charge in [0.25, 0.3) is 0 Å². The highest BCUT2D eigenvalue weighted by Gasteiger charge is 2.17. The van der Waals surface area contributed by atoms with Crippen LogP contribution in [0.4, 0.5) is 0 Å². The fourth-order valence-electron chi connectivity index (χ4n) is 2.64. The van der Waals surface area contributed by atoms with Gasteiger partial charge in [0, 0.05) is 31.2 Å². The summed E-state index contributed by atoms with van der Waals surface area (Å²) >= 11 is 0. The van der Waals surface area contributed by atoms with Crippen molar-refractivity contribution in [2.24, 2.45) is 0 Å². The van der Waals surface area contributed by atoms with Crippen molar-refractivity contribution in [1.29, 1.82) is 0 Å². The molecule has 0 aliphatic rings. The summed E-state index contributed by atoms with van der Waals surface area (Å²) < 4.78 is 0. The highest BCUT2D eigenvalue weighted by molar-refractivity contribution is 5.96. The van der Waals surface area contributed by atoms with Gasteiger partial charge in [0.2, 0.25) is 0 Å². The first-order valence-electron chi connectivity index (χ1n) is 7.66. The molecule has 2 aromatic carbocycles. The molecule has 0 aliphatic heterocycles. The maximum absolute atomic E-state index is 12.2. The number of benzene rings is 2. The van der Waals surface area contributed by atoms with E-state index in [1.54, 1.807) is 0 Å². The summed E-state index contributed by atoms with van der Waals surface area (Å²) in [5.74, 6) is 0.156. The van der Waals surface area contributed by atoms with Crippen molar-refractivity contribution < 1.29 is 9.90 Å². The average Bonchev–Trinajstić information content (AvgIpc) is 2.58. The molecule has 2 aromatic rings. The molecule has 0 saturated carbocycles. The topological polar surface area (TPSA) is 40.5 Å². The Labute approximate surface area is 132 Å². The van der Waals surface area contributed by atoms with E-state index in [9.17, 15) is 9.90 Å². The van der Waals surface area contributed by atoms with Gasteiger partial charge in [-0.05, 0) is 19.0 Å². The largest absolute Gasteiger partial charge is 0.396 e. The Bertz CT molecular complexity index is 569. The van der Waals surface area contributed by atoms with Crippen LogP contribution in [0.2, 0.25) is 0 Å². The van der Waals surface area contributed by atoms with Crippen LogP contribution in [0.5, 0.6) is 0 Å². The number of Topliss-reactive ketones (excluding diaryl/α,β-unsaturated/α-hetero) is 1. The molecule has 1 N–H and O–H groups in total. The van der Waals surface area contributed by atoms with Crippen LogP contribution in [-0.4, -0.2) is 36.0 Å². The molecule has 0 bridgehead atoms. The molecular formula is C19H23NO2. The van der Waals surface area contributed by atoms with Gasteiger partial charge in [-0.3, -0.25) is 9.69 Å². The first-order chi connectivity index (χ1) is 10.7. The minimum absolute atomic E-state index is 0.134. The molecule has 0 saturated heterocycles. The number of rotatable bonds is 8. The van der Waals surface area contributed by atoms with E-state index in [-0.39, 0.29) is 18.4 Å². The van der Waals surface area contributed by atoms with Crippen molar-refractivity contribution >= 4 is 5.78 Å². The van der Waals surface area contributed by atoms with Gasteiger partial charge in [-0.1, -0.05) is 60.7 Å². The zero-order chi connectivity index (χ0) is 15.8. The van der Waals surface area contributed by atoms with Gasteiger partial charge in [0.15, 0.2) is 5.78 Å². The molecule has 22 heavy (non-hydrogen) atoms. The van der Waals surface area contributed by atoms with Crippen LogP contribution in [0.25, 0.3) is 0 Å². The van der Waals surface area contributed by atoms with E-state index < -0.39 is 0 Å². The number of nitrogens with zero attached hydrogens (tertiary/aromatic N) is 1. The van der Waals surface area contributed by atoms with E-state index in [0.29, 0.717) is 19.4 Å². The molecule has 0 heterocycles. The summed E-state index contributed by atoms with van der Waals surface area (Å²) in [5, 5.41) is 9.31. The summed E-state index contributed by atoms with van der Waals surface area (Å²) in [7, 11) is 2.01. The van der Waals surface area contributed by atoms with Crippen LogP contribution in [0.1, 0.15) is 34.8 Å². The molecule has 2 rings (SSSR count). The third-order valence-corrected chi connectivity index (χ3v) is 3.91. The Morgan fingerprint density at radius 2 is 1.64 bits per heavy atom. The summed E-state index contributed by atoms with van der Waals surface area (Å²) in [5.41, 5.74) is 1.93. The maximum atomic E-state index is 12.2. The molecular weight excluding hydrogens is 274 g/mol. The number of aliphatic hydroxyl groups excluding tert-OH is 1. The van der Waals surface area contributed by atoms with Crippen molar-refractivity contribution in [2.75, 3.05) is 20.2 Å². The standard InChI is InChI=1S/C19H23NO2/c1-20(14-12-19(22)17-10-6-3-7-11-17)18(13-15-21)16-8-4-2-5-9-16/h2-11,18,21H,12-15H2,1H3. The molecule has 0 fully saturated rings. The summed E-state index contributed by atoms with van der Waals surface area (Å²) in [6, 6.07) is 19.6. The van der Waals surface area contributed by atoms with Crippen LogP contribution >= 0.6 is 0 Å². The van der Waals surface area contributed by atoms with E-state index in [1.807, 2.05) is 55.6 Å². The highest BCUT2D eigenvalue weighted by atomic mass is 16.3. The van der Waals surface area contributed by atoms with Crippen LogP contribution in [0.3, 0.4) is 0 Å². The van der Waals surface area contributed by atoms with Crippen molar-refractivity contribution in [1.82, 2.24) is 4.90 Å². The summed E-state index contributed by atoms with van der Waals surface area (Å²) in [4.78, 5) is 14.3. The van der Waals surface area contributed by atoms with E-state index >= 15 is 0 Å². The summed E-state index contributed by atoms with van der Waals surface area (Å²) in [6.07, 6.45) is 1.15. The predicted octanol–water partition coefficient (Wildman–Crippen LogP) is 3.31. The van der Waals surface area contributed by atoms with E-state index in [4.69, 9.17) is 0 Å². The van der Waals surface area contributed by atoms with Gasteiger partial charge < -0.3 is 5.11 Å². The lowest BCUT2D eigenvalue weighted by atomic mass is 10.0. The molecule has 0 aromatic heterocycles. The quantitative estimate of drug-likeness (QED) is 0.760. The smallest absolute Gasteiger partial charge is 0.164 e. The zero-order valence-corrected chi connectivity index (χ0v) is 13.0. The van der Waals surface area contributed by atoms with Crippen molar-refractivity contribution in [3.63, 3.8) is 0 Å². The van der Waals surface area contributed by atoms with Gasteiger partial charge in [0.1, 0.15) is 0 Å². The lowest BCUT2D eigenvalue weighted by Gasteiger charge is -2.28. The number of ketones is 1. The molecule has 0 amide bonds. The average molecular weight is 297 g/mol. The third kappa shape index (κ3) is 4.52. The first kappa shape index (κ1) is 16.4. The maximum Gasteiger partial charge on any atom is 0.164 e. The van der Waals surface area contributed by atoms with E-state index in [1.165, 1.54) is 5.56 Å². The van der Waals surface area contributed by atoms with Crippen molar-refractivity contribution in [3.8, 4) is 0 Å². The molecule has 3 heteroatoms. The molecule has 3 nitrogen and oxygen atoms in total. The Morgan fingerprint density at radius 1 is 1.05 bits per heavy atom. The molecule has 0 aliphatic carbocycles. The molecule has 116 valence electrons. The first-order valence-corrected chi connectivity index (χ1v) is 7.66. The second-order valence-corrected chi connectivity index (χ2v) is 5.46. The number of carbonyl (C=O) groups is 1. The number of hydrogen-bond donors (Lipinski definition) is 1. The molecule has 0 spiro atoms. The Balaban J connectivity index is 1.97. The normalized spacial score (nSPS) is 12.3. The minimum Gasteiger partial charge on any atom is -0.396 e. The van der Waals surface area contributed by atoms with Gasteiger partial charge in [-0.15, -0.1) is 0 Å². The lowest BCUT2D eigenvalue weighted by Crippen LogP contribution is -2.28. The Kier molecular flexibility index (Phi) is 6.31. The van der Waals surface area contributed by atoms with Gasteiger partial charge in [-0.2, -0.15) is 0 Å². The van der Waals surface area contributed by atoms with Crippen molar-refractivity contribution in [2.45, 2.75) is 18.9 Å². The highest BCUT2D eigenvalue weighted by Crippen LogP contribution is 2.23. The lowest BCUT2D eigenvalue weighted by molar-refractivity contribution is 0.0954. The van der Waals surface area contributed by atoms with Crippen LogP contribution in [-0.2, 0) is 0 Å². The Hall–Kier alpha value is -1.97.